The fraction of sp³-hybridized carbons (Fsp3) is 0.385. The summed E-state index contributed by atoms with van der Waals surface area (Å²) in [6, 6.07) is 14.6. The lowest BCUT2D eigenvalue weighted by molar-refractivity contribution is -0.139. The van der Waals surface area contributed by atoms with Crippen molar-refractivity contribution in [1.29, 1.82) is 0 Å². The van der Waals surface area contributed by atoms with Gasteiger partial charge >= 0.3 is 12.0 Å². The molecule has 0 aliphatic carbocycles. The summed E-state index contributed by atoms with van der Waals surface area (Å²) >= 11 is 0. The highest BCUT2D eigenvalue weighted by Gasteiger charge is 2.34. The molecule has 0 aromatic heterocycles. The molecule has 2 aromatic carbocycles. The van der Waals surface area contributed by atoms with Gasteiger partial charge in [0.2, 0.25) is 0 Å². The average Bonchev–Trinajstić information content (AvgIpc) is 2.79. The van der Waals surface area contributed by atoms with Crippen LogP contribution in [-0.2, 0) is 16.0 Å². The Balaban J connectivity index is 1.95. The largest absolute Gasteiger partial charge is 0.491 e. The maximum atomic E-state index is 13.0. The summed E-state index contributed by atoms with van der Waals surface area (Å²) in [5.74, 6) is 0.272. The van der Waals surface area contributed by atoms with Gasteiger partial charge in [0.25, 0.3) is 0 Å². The standard InChI is InChI=1S/C26H33N3O4/c1-6-18-8-12-20(13-9-18)29(5)16-22-23(25(30)32-7-2)24(28-26(31)27-22)19-10-14-21(15-11-19)33-17(3)4/h8-15,17,24H,6-7,16H2,1-5H3,(H2,27,28,31)/t24-/m0/s1. The number of carbonyl (C=O) groups is 2. The maximum absolute atomic E-state index is 13.0. The van der Waals surface area contributed by atoms with Crippen LogP contribution in [0.4, 0.5) is 10.5 Å². The minimum absolute atomic E-state index is 0.0537. The zero-order valence-corrected chi connectivity index (χ0v) is 20.0. The van der Waals surface area contributed by atoms with Gasteiger partial charge in [-0.05, 0) is 62.6 Å². The molecular weight excluding hydrogens is 418 g/mol. The molecule has 33 heavy (non-hydrogen) atoms. The molecule has 0 radical (unpaired) electrons. The van der Waals surface area contributed by atoms with Crippen molar-refractivity contribution in [2.24, 2.45) is 0 Å². The summed E-state index contributed by atoms with van der Waals surface area (Å²) in [6.45, 7) is 8.38. The van der Waals surface area contributed by atoms with Crippen LogP contribution in [0, 0.1) is 0 Å². The van der Waals surface area contributed by atoms with Crippen molar-refractivity contribution in [1.82, 2.24) is 10.6 Å². The summed E-state index contributed by atoms with van der Waals surface area (Å²) in [5.41, 5.74) is 3.93. The lowest BCUT2D eigenvalue weighted by Gasteiger charge is -2.31. The van der Waals surface area contributed by atoms with Gasteiger partial charge in [-0.2, -0.15) is 0 Å². The Bertz CT molecular complexity index is 997. The van der Waals surface area contributed by atoms with Crippen LogP contribution >= 0.6 is 0 Å². The first-order chi connectivity index (χ1) is 15.8. The summed E-state index contributed by atoms with van der Waals surface area (Å²) in [7, 11) is 1.93. The van der Waals surface area contributed by atoms with Crippen LogP contribution < -0.4 is 20.3 Å². The molecule has 2 amide bonds. The molecule has 0 fully saturated rings. The van der Waals surface area contributed by atoms with E-state index in [4.69, 9.17) is 9.47 Å². The van der Waals surface area contributed by atoms with Crippen LogP contribution in [0.1, 0.15) is 44.9 Å². The Labute approximate surface area is 195 Å². The molecule has 3 rings (SSSR count). The highest BCUT2D eigenvalue weighted by atomic mass is 16.5. The van der Waals surface area contributed by atoms with Gasteiger partial charge in [0.05, 0.1) is 36.6 Å². The normalized spacial score (nSPS) is 15.7. The molecule has 7 nitrogen and oxygen atoms in total. The molecule has 1 aliphatic rings. The molecule has 2 aromatic rings. The van der Waals surface area contributed by atoms with Gasteiger partial charge in [-0.3, -0.25) is 0 Å². The number of carbonyl (C=O) groups excluding carboxylic acids is 2. The number of benzene rings is 2. The SMILES string of the molecule is CCOC(=O)C1=C(CN(C)c2ccc(CC)cc2)NC(=O)N[C@H]1c1ccc(OC(C)C)cc1. The van der Waals surface area contributed by atoms with Gasteiger partial charge in [-0.15, -0.1) is 0 Å². The number of rotatable bonds is 9. The molecule has 7 heteroatoms. The summed E-state index contributed by atoms with van der Waals surface area (Å²) < 4.78 is 11.1. The summed E-state index contributed by atoms with van der Waals surface area (Å²) in [4.78, 5) is 27.5. The summed E-state index contributed by atoms with van der Waals surface area (Å²) in [5, 5.41) is 5.70. The van der Waals surface area contributed by atoms with Gasteiger partial charge in [0.15, 0.2) is 0 Å². The van der Waals surface area contributed by atoms with E-state index in [0.717, 1.165) is 23.4 Å². The first-order valence-electron chi connectivity index (χ1n) is 11.4. The van der Waals surface area contributed by atoms with E-state index in [0.29, 0.717) is 17.8 Å². The van der Waals surface area contributed by atoms with Gasteiger partial charge in [-0.1, -0.05) is 31.2 Å². The smallest absolute Gasteiger partial charge is 0.338 e. The van der Waals surface area contributed by atoms with E-state index < -0.39 is 12.0 Å². The molecule has 1 heterocycles. The van der Waals surface area contributed by atoms with Crippen molar-refractivity contribution in [3.63, 3.8) is 0 Å². The van der Waals surface area contributed by atoms with Gasteiger partial charge in [-0.25, -0.2) is 9.59 Å². The second-order valence-corrected chi connectivity index (χ2v) is 8.26. The topological polar surface area (TPSA) is 79.9 Å². The number of hydrogen-bond acceptors (Lipinski definition) is 5. The van der Waals surface area contributed by atoms with Crippen LogP contribution in [0.25, 0.3) is 0 Å². The zero-order chi connectivity index (χ0) is 24.0. The van der Waals surface area contributed by atoms with Crippen LogP contribution in [0.2, 0.25) is 0 Å². The molecule has 0 unspecified atom stereocenters. The van der Waals surface area contributed by atoms with Gasteiger partial charge in [0, 0.05) is 12.7 Å². The third kappa shape index (κ3) is 6.06. The first-order valence-corrected chi connectivity index (χ1v) is 11.4. The fourth-order valence-corrected chi connectivity index (χ4v) is 3.77. The minimum Gasteiger partial charge on any atom is -0.491 e. The Hall–Kier alpha value is -3.48. The number of ether oxygens (including phenoxy) is 2. The van der Waals surface area contributed by atoms with Crippen LogP contribution in [-0.4, -0.2) is 38.3 Å². The predicted octanol–water partition coefficient (Wildman–Crippen LogP) is 4.34. The molecule has 2 N–H and O–H groups in total. The molecule has 0 saturated carbocycles. The van der Waals surface area contributed by atoms with E-state index in [9.17, 15) is 9.59 Å². The Morgan fingerprint density at radius 2 is 1.73 bits per heavy atom. The highest BCUT2D eigenvalue weighted by molar-refractivity contribution is 5.95. The number of nitrogens with zero attached hydrogens (tertiary/aromatic N) is 1. The van der Waals surface area contributed by atoms with Crippen molar-refractivity contribution < 1.29 is 19.1 Å². The Kier molecular flexibility index (Phi) is 7.98. The van der Waals surface area contributed by atoms with E-state index in [1.165, 1.54) is 5.56 Å². The number of urea groups is 1. The number of likely N-dealkylation sites (N-methyl/N-ethyl adjacent to an activating group) is 1. The number of anilines is 1. The molecule has 176 valence electrons. The van der Waals surface area contributed by atoms with Crippen LogP contribution in [0.15, 0.2) is 59.8 Å². The second-order valence-electron chi connectivity index (χ2n) is 8.26. The Morgan fingerprint density at radius 1 is 1.06 bits per heavy atom. The number of aryl methyl sites for hydroxylation is 1. The third-order valence-electron chi connectivity index (χ3n) is 5.41. The monoisotopic (exact) mass is 451 g/mol. The lowest BCUT2D eigenvalue weighted by Crippen LogP contribution is -2.48. The van der Waals surface area contributed by atoms with Gasteiger partial charge in [0.1, 0.15) is 5.75 Å². The number of hydrogen-bond donors (Lipinski definition) is 2. The van der Waals surface area contributed by atoms with Crippen LogP contribution in [0.3, 0.4) is 0 Å². The minimum atomic E-state index is -0.628. The molecule has 1 atom stereocenters. The van der Waals surface area contributed by atoms with Crippen molar-refractivity contribution in [2.75, 3.05) is 25.1 Å². The number of esters is 1. The highest BCUT2D eigenvalue weighted by Crippen LogP contribution is 2.30. The third-order valence-corrected chi connectivity index (χ3v) is 5.41. The van der Waals surface area contributed by atoms with E-state index >= 15 is 0 Å². The van der Waals surface area contributed by atoms with E-state index in [-0.39, 0.29) is 18.7 Å². The predicted molar refractivity (Wildman–Crippen MR) is 129 cm³/mol. The van der Waals surface area contributed by atoms with Crippen LogP contribution in [0.5, 0.6) is 5.75 Å². The quantitative estimate of drug-likeness (QED) is 0.555. The molecule has 1 aliphatic heterocycles. The Morgan fingerprint density at radius 3 is 2.30 bits per heavy atom. The fourth-order valence-electron chi connectivity index (χ4n) is 3.77. The van der Waals surface area contributed by atoms with E-state index in [1.807, 2.05) is 62.2 Å². The molecule has 0 saturated heterocycles. The lowest BCUT2D eigenvalue weighted by atomic mass is 9.95. The summed E-state index contributed by atoms with van der Waals surface area (Å²) in [6.07, 6.45) is 1.02. The van der Waals surface area contributed by atoms with Crippen molar-refractivity contribution >= 4 is 17.7 Å². The number of nitrogens with one attached hydrogen (secondary N) is 2. The maximum Gasteiger partial charge on any atom is 0.338 e. The van der Waals surface area contributed by atoms with Crippen molar-refractivity contribution in [2.45, 2.75) is 46.3 Å². The van der Waals surface area contributed by atoms with Crippen molar-refractivity contribution in [3.05, 3.63) is 70.9 Å². The van der Waals surface area contributed by atoms with E-state index in [1.54, 1.807) is 6.92 Å². The number of amides is 2. The molecular formula is C26H33N3O4. The molecule has 0 bridgehead atoms. The second kappa shape index (κ2) is 10.9. The average molecular weight is 452 g/mol. The first kappa shape index (κ1) is 24.2. The van der Waals surface area contributed by atoms with Gasteiger partial charge < -0.3 is 25.0 Å². The van der Waals surface area contributed by atoms with E-state index in [2.05, 4.69) is 29.7 Å². The molecule has 0 spiro atoms. The zero-order valence-electron chi connectivity index (χ0n) is 20.0. The van der Waals surface area contributed by atoms with Crippen molar-refractivity contribution in [3.8, 4) is 5.75 Å².